The summed E-state index contributed by atoms with van der Waals surface area (Å²) < 4.78 is 0. The lowest BCUT2D eigenvalue weighted by Crippen LogP contribution is -2.19. The Morgan fingerprint density at radius 1 is 1.36 bits per heavy atom. The Balaban J connectivity index is 1.95. The van der Waals surface area contributed by atoms with Gasteiger partial charge in [0.05, 0.1) is 11.3 Å². The molecule has 1 aliphatic rings. The number of carbonyl (C=O) groups excluding carboxylic acids is 1. The number of terminal acetylenes is 1. The molecule has 1 heterocycles. The summed E-state index contributed by atoms with van der Waals surface area (Å²) in [5.41, 5.74) is 0.507. The van der Waals surface area contributed by atoms with Crippen LogP contribution in [0, 0.1) is 19.3 Å². The zero-order valence-corrected chi connectivity index (χ0v) is 12.3. The van der Waals surface area contributed by atoms with Gasteiger partial charge in [0.15, 0.2) is 5.66 Å². The minimum absolute atomic E-state index is 0.110. The Bertz CT molecular complexity index is 668. The molecule has 0 fully saturated rings. The van der Waals surface area contributed by atoms with Crippen molar-refractivity contribution in [2.45, 2.75) is 38.3 Å². The molecular formula is C16H17N3O3. The van der Waals surface area contributed by atoms with Gasteiger partial charge in [0, 0.05) is 25.7 Å². The molecule has 0 bridgehead atoms. The standard InChI is InChI=1S/C16H17N3O3/c1-3-4-9-16(18-19-16)10-8-13(20)17-12-7-5-6-11(2)14(12)15(21)22/h1,5-7H,4,8-10H2,2H3,(H,17,20)(H,21,22). The molecule has 1 aromatic rings. The van der Waals surface area contributed by atoms with Crippen molar-refractivity contribution >= 4 is 17.6 Å². The third-order valence-electron chi connectivity index (χ3n) is 3.57. The normalized spacial score (nSPS) is 14.2. The van der Waals surface area contributed by atoms with Gasteiger partial charge in [-0.15, -0.1) is 12.3 Å². The first-order valence-corrected chi connectivity index (χ1v) is 6.98. The molecular weight excluding hydrogens is 282 g/mol. The SMILES string of the molecule is C#CCCC1(CCC(=O)Nc2cccc(C)c2C(=O)O)N=N1. The zero-order valence-electron chi connectivity index (χ0n) is 12.3. The third kappa shape index (κ3) is 3.70. The van der Waals surface area contributed by atoms with E-state index in [2.05, 4.69) is 21.5 Å². The predicted molar refractivity (Wildman–Crippen MR) is 81.7 cm³/mol. The molecule has 0 radical (unpaired) electrons. The maximum absolute atomic E-state index is 12.0. The van der Waals surface area contributed by atoms with E-state index in [0.29, 0.717) is 30.5 Å². The molecule has 0 spiro atoms. The monoisotopic (exact) mass is 299 g/mol. The van der Waals surface area contributed by atoms with Crippen LogP contribution in [0.5, 0.6) is 0 Å². The third-order valence-corrected chi connectivity index (χ3v) is 3.57. The van der Waals surface area contributed by atoms with E-state index in [-0.39, 0.29) is 17.9 Å². The van der Waals surface area contributed by atoms with Crippen molar-refractivity contribution in [3.8, 4) is 12.3 Å². The molecule has 0 aromatic heterocycles. The number of anilines is 1. The Hall–Kier alpha value is -2.68. The summed E-state index contributed by atoms with van der Waals surface area (Å²) >= 11 is 0. The second-order valence-electron chi connectivity index (χ2n) is 5.24. The first-order chi connectivity index (χ1) is 10.5. The summed E-state index contributed by atoms with van der Waals surface area (Å²) in [6, 6.07) is 4.97. The molecule has 0 unspecified atom stereocenters. The summed E-state index contributed by atoms with van der Waals surface area (Å²) in [6.07, 6.45) is 7.11. The van der Waals surface area contributed by atoms with Crippen LogP contribution in [0.1, 0.15) is 41.6 Å². The molecule has 2 rings (SSSR count). The number of carbonyl (C=O) groups is 2. The van der Waals surface area contributed by atoms with Crippen molar-refractivity contribution in [3.05, 3.63) is 29.3 Å². The molecule has 1 aliphatic heterocycles. The lowest BCUT2D eigenvalue weighted by Gasteiger charge is -2.12. The number of rotatable bonds is 7. The number of nitrogens with zero attached hydrogens (tertiary/aromatic N) is 2. The van der Waals surface area contributed by atoms with E-state index in [0.717, 1.165) is 0 Å². The number of nitrogens with one attached hydrogen (secondary N) is 1. The van der Waals surface area contributed by atoms with E-state index in [4.69, 9.17) is 6.42 Å². The smallest absolute Gasteiger partial charge is 0.338 e. The molecule has 1 amide bonds. The maximum Gasteiger partial charge on any atom is 0.338 e. The number of hydrogen-bond donors (Lipinski definition) is 2. The fraction of sp³-hybridized carbons (Fsp3) is 0.375. The number of aryl methyl sites for hydroxylation is 1. The van der Waals surface area contributed by atoms with Crippen molar-refractivity contribution in [3.63, 3.8) is 0 Å². The summed E-state index contributed by atoms with van der Waals surface area (Å²) in [5.74, 6) is 1.21. The van der Waals surface area contributed by atoms with Gasteiger partial charge in [-0.25, -0.2) is 4.79 Å². The highest BCUT2D eigenvalue weighted by Gasteiger charge is 2.39. The van der Waals surface area contributed by atoms with Crippen LogP contribution >= 0.6 is 0 Å². The van der Waals surface area contributed by atoms with Crippen LogP contribution in [0.15, 0.2) is 28.4 Å². The van der Waals surface area contributed by atoms with E-state index < -0.39 is 11.6 Å². The lowest BCUT2D eigenvalue weighted by atomic mass is 10.0. The average Bonchev–Trinajstić information content (AvgIpc) is 3.23. The van der Waals surface area contributed by atoms with Crippen LogP contribution in [-0.2, 0) is 4.79 Å². The quantitative estimate of drug-likeness (QED) is 0.758. The van der Waals surface area contributed by atoms with Gasteiger partial charge in [-0.1, -0.05) is 12.1 Å². The Labute approximate surface area is 128 Å². The van der Waals surface area contributed by atoms with Gasteiger partial charge in [0.25, 0.3) is 0 Å². The van der Waals surface area contributed by atoms with Crippen LogP contribution in [0.2, 0.25) is 0 Å². The Morgan fingerprint density at radius 3 is 2.68 bits per heavy atom. The van der Waals surface area contributed by atoms with Gasteiger partial charge in [0.2, 0.25) is 5.91 Å². The zero-order chi connectivity index (χ0) is 16.2. The van der Waals surface area contributed by atoms with Crippen LogP contribution in [-0.4, -0.2) is 22.6 Å². The van der Waals surface area contributed by atoms with Gasteiger partial charge in [-0.2, -0.15) is 10.2 Å². The highest BCUT2D eigenvalue weighted by atomic mass is 16.4. The van der Waals surface area contributed by atoms with Crippen LogP contribution in [0.3, 0.4) is 0 Å². The lowest BCUT2D eigenvalue weighted by molar-refractivity contribution is -0.116. The number of benzene rings is 1. The predicted octanol–water partition coefficient (Wildman–Crippen LogP) is 2.99. The van der Waals surface area contributed by atoms with Crippen molar-refractivity contribution in [2.75, 3.05) is 5.32 Å². The molecule has 0 saturated carbocycles. The summed E-state index contributed by atoms with van der Waals surface area (Å²) in [4.78, 5) is 23.3. The molecule has 6 nitrogen and oxygen atoms in total. The summed E-state index contributed by atoms with van der Waals surface area (Å²) in [7, 11) is 0. The summed E-state index contributed by atoms with van der Waals surface area (Å²) in [6.45, 7) is 1.69. The van der Waals surface area contributed by atoms with Crippen molar-refractivity contribution in [2.24, 2.45) is 10.2 Å². The maximum atomic E-state index is 12.0. The second-order valence-corrected chi connectivity index (χ2v) is 5.24. The van der Waals surface area contributed by atoms with E-state index >= 15 is 0 Å². The Kier molecular flexibility index (Phi) is 4.56. The van der Waals surface area contributed by atoms with E-state index in [1.807, 2.05) is 0 Å². The minimum Gasteiger partial charge on any atom is -0.478 e. The molecule has 0 atom stereocenters. The first kappa shape index (κ1) is 15.7. The highest BCUT2D eigenvalue weighted by molar-refractivity contribution is 6.01. The molecule has 114 valence electrons. The van der Waals surface area contributed by atoms with Gasteiger partial charge in [-0.3, -0.25) is 4.79 Å². The van der Waals surface area contributed by atoms with Crippen molar-refractivity contribution in [1.82, 2.24) is 0 Å². The van der Waals surface area contributed by atoms with Gasteiger partial charge < -0.3 is 10.4 Å². The van der Waals surface area contributed by atoms with Crippen molar-refractivity contribution < 1.29 is 14.7 Å². The van der Waals surface area contributed by atoms with E-state index in [1.54, 1.807) is 25.1 Å². The minimum atomic E-state index is -1.06. The number of carboxylic acid groups (broad SMARTS) is 1. The topological polar surface area (TPSA) is 91.1 Å². The van der Waals surface area contributed by atoms with Crippen LogP contribution in [0.4, 0.5) is 5.69 Å². The average molecular weight is 299 g/mol. The molecule has 6 heteroatoms. The first-order valence-electron chi connectivity index (χ1n) is 6.98. The fourth-order valence-electron chi connectivity index (χ4n) is 2.25. The number of aromatic carboxylic acids is 1. The molecule has 2 N–H and O–H groups in total. The molecule has 22 heavy (non-hydrogen) atoms. The van der Waals surface area contributed by atoms with Crippen LogP contribution in [0.25, 0.3) is 0 Å². The van der Waals surface area contributed by atoms with Gasteiger partial charge in [-0.05, 0) is 18.6 Å². The number of hydrogen-bond acceptors (Lipinski definition) is 4. The largest absolute Gasteiger partial charge is 0.478 e. The van der Waals surface area contributed by atoms with Gasteiger partial charge >= 0.3 is 5.97 Å². The summed E-state index contributed by atoms with van der Waals surface area (Å²) in [5, 5.41) is 19.8. The van der Waals surface area contributed by atoms with Crippen LogP contribution < -0.4 is 5.32 Å². The van der Waals surface area contributed by atoms with Gasteiger partial charge in [0.1, 0.15) is 0 Å². The Morgan fingerprint density at radius 2 is 2.09 bits per heavy atom. The molecule has 1 aromatic carbocycles. The fourth-order valence-corrected chi connectivity index (χ4v) is 2.25. The number of carboxylic acids is 1. The van der Waals surface area contributed by atoms with E-state index in [1.165, 1.54) is 0 Å². The second kappa shape index (κ2) is 6.39. The van der Waals surface area contributed by atoms with Crippen molar-refractivity contribution in [1.29, 1.82) is 0 Å². The van der Waals surface area contributed by atoms with E-state index in [9.17, 15) is 14.7 Å². The molecule has 0 aliphatic carbocycles. The highest BCUT2D eigenvalue weighted by Crippen LogP contribution is 2.37. The molecule has 0 saturated heterocycles. The number of amides is 1.